The Balaban J connectivity index is 1.89. The van der Waals surface area contributed by atoms with E-state index in [4.69, 9.17) is 5.11 Å². The lowest BCUT2D eigenvalue weighted by Crippen LogP contribution is -2.03. The maximum atomic E-state index is 11.0. The van der Waals surface area contributed by atoms with Gasteiger partial charge in [0.2, 0.25) is 0 Å². The first kappa shape index (κ1) is 13.2. The molecule has 4 heteroatoms. The van der Waals surface area contributed by atoms with Crippen LogP contribution in [0.2, 0.25) is 0 Å². The fourth-order valence-electron chi connectivity index (χ4n) is 2.78. The summed E-state index contributed by atoms with van der Waals surface area (Å²) in [6.07, 6.45) is 6.15. The van der Waals surface area contributed by atoms with Gasteiger partial charge in [0.05, 0.1) is 16.6 Å². The molecule has 0 saturated heterocycles. The van der Waals surface area contributed by atoms with Gasteiger partial charge in [-0.3, -0.25) is 0 Å². The van der Waals surface area contributed by atoms with Crippen LogP contribution < -0.4 is 0 Å². The smallest absolute Gasteiger partial charge is 0.335 e. The van der Waals surface area contributed by atoms with Crippen molar-refractivity contribution in [2.24, 2.45) is 5.92 Å². The molecular formula is C16H20N2O2. The second kappa shape index (κ2) is 5.27. The highest BCUT2D eigenvalue weighted by Crippen LogP contribution is 2.33. The summed E-state index contributed by atoms with van der Waals surface area (Å²) < 4.78 is 2.25. The number of hydrogen-bond acceptors (Lipinski definition) is 2. The van der Waals surface area contributed by atoms with Crippen molar-refractivity contribution in [3.63, 3.8) is 0 Å². The number of rotatable bonds is 6. The van der Waals surface area contributed by atoms with Crippen LogP contribution in [0.4, 0.5) is 0 Å². The highest BCUT2D eigenvalue weighted by Gasteiger charge is 2.20. The first-order valence-electron chi connectivity index (χ1n) is 7.41. The number of carboxylic acid groups (broad SMARTS) is 1. The molecule has 106 valence electrons. The Morgan fingerprint density at radius 1 is 1.45 bits per heavy atom. The standard InChI is InChI=1S/C16H20N2O2/c1-2-15-17-13-10-12(16(19)20)7-8-14(13)18(15)9-3-4-11-5-6-11/h7-8,10-11H,2-6,9H2,1H3,(H,19,20). The van der Waals surface area contributed by atoms with Crippen molar-refractivity contribution in [1.82, 2.24) is 9.55 Å². The van der Waals surface area contributed by atoms with E-state index in [0.717, 1.165) is 35.7 Å². The molecule has 1 aliphatic rings. The molecule has 1 N–H and O–H groups in total. The van der Waals surface area contributed by atoms with Gasteiger partial charge in [0.25, 0.3) is 0 Å². The van der Waals surface area contributed by atoms with Gasteiger partial charge in [-0.1, -0.05) is 19.8 Å². The van der Waals surface area contributed by atoms with Crippen molar-refractivity contribution in [3.8, 4) is 0 Å². The van der Waals surface area contributed by atoms with Crippen molar-refractivity contribution < 1.29 is 9.90 Å². The van der Waals surface area contributed by atoms with Crippen LogP contribution >= 0.6 is 0 Å². The number of imidazole rings is 1. The lowest BCUT2D eigenvalue weighted by atomic mass is 10.2. The summed E-state index contributed by atoms with van der Waals surface area (Å²) in [5, 5.41) is 9.05. The van der Waals surface area contributed by atoms with E-state index < -0.39 is 5.97 Å². The molecule has 0 amide bonds. The predicted molar refractivity (Wildman–Crippen MR) is 78.0 cm³/mol. The van der Waals surface area contributed by atoms with E-state index in [1.807, 2.05) is 6.07 Å². The van der Waals surface area contributed by atoms with Crippen molar-refractivity contribution >= 4 is 17.0 Å². The summed E-state index contributed by atoms with van der Waals surface area (Å²) >= 11 is 0. The molecule has 4 nitrogen and oxygen atoms in total. The second-order valence-corrected chi connectivity index (χ2v) is 5.63. The summed E-state index contributed by atoms with van der Waals surface area (Å²) in [5.74, 6) is 1.11. The Hall–Kier alpha value is -1.84. The molecule has 1 aliphatic carbocycles. The molecule has 0 spiro atoms. The Bertz CT molecular complexity index is 641. The fourth-order valence-corrected chi connectivity index (χ4v) is 2.78. The number of carbonyl (C=O) groups is 1. The van der Waals surface area contributed by atoms with Crippen LogP contribution in [0, 0.1) is 5.92 Å². The van der Waals surface area contributed by atoms with Gasteiger partial charge in [-0.25, -0.2) is 9.78 Å². The Labute approximate surface area is 118 Å². The number of aromatic nitrogens is 2. The molecule has 1 aromatic heterocycles. The first-order chi connectivity index (χ1) is 9.69. The van der Waals surface area contributed by atoms with E-state index in [1.165, 1.54) is 25.7 Å². The normalized spacial score (nSPS) is 14.8. The second-order valence-electron chi connectivity index (χ2n) is 5.63. The average Bonchev–Trinajstić information content (AvgIpc) is 3.19. The van der Waals surface area contributed by atoms with Crippen LogP contribution in [0.25, 0.3) is 11.0 Å². The summed E-state index contributed by atoms with van der Waals surface area (Å²) in [6, 6.07) is 5.24. The average molecular weight is 272 g/mol. The van der Waals surface area contributed by atoms with Crippen LogP contribution in [0.5, 0.6) is 0 Å². The molecular weight excluding hydrogens is 252 g/mol. The zero-order chi connectivity index (χ0) is 14.1. The third-order valence-corrected chi connectivity index (χ3v) is 4.08. The van der Waals surface area contributed by atoms with Gasteiger partial charge in [0.15, 0.2) is 0 Å². The number of aromatic carboxylic acids is 1. The van der Waals surface area contributed by atoms with Crippen LogP contribution in [-0.2, 0) is 13.0 Å². The van der Waals surface area contributed by atoms with E-state index in [-0.39, 0.29) is 0 Å². The van der Waals surface area contributed by atoms with Crippen LogP contribution in [-0.4, -0.2) is 20.6 Å². The molecule has 1 fully saturated rings. The van der Waals surface area contributed by atoms with Crippen LogP contribution in [0.1, 0.15) is 48.8 Å². The number of fused-ring (bicyclic) bond motifs is 1. The van der Waals surface area contributed by atoms with Gasteiger partial charge in [-0.05, 0) is 37.0 Å². The monoisotopic (exact) mass is 272 g/mol. The number of benzene rings is 1. The van der Waals surface area contributed by atoms with E-state index in [0.29, 0.717) is 5.56 Å². The first-order valence-corrected chi connectivity index (χ1v) is 7.41. The molecule has 0 atom stereocenters. The minimum Gasteiger partial charge on any atom is -0.478 e. The lowest BCUT2D eigenvalue weighted by molar-refractivity contribution is 0.0697. The van der Waals surface area contributed by atoms with Crippen LogP contribution in [0.15, 0.2) is 18.2 Å². The number of nitrogens with zero attached hydrogens (tertiary/aromatic N) is 2. The summed E-state index contributed by atoms with van der Waals surface area (Å²) in [6.45, 7) is 3.08. The van der Waals surface area contributed by atoms with Crippen molar-refractivity contribution in [1.29, 1.82) is 0 Å². The lowest BCUT2D eigenvalue weighted by Gasteiger charge is -2.07. The van der Waals surface area contributed by atoms with E-state index in [2.05, 4.69) is 16.5 Å². The highest BCUT2D eigenvalue weighted by atomic mass is 16.4. The van der Waals surface area contributed by atoms with Gasteiger partial charge in [0.1, 0.15) is 5.82 Å². The zero-order valence-electron chi connectivity index (χ0n) is 11.8. The maximum absolute atomic E-state index is 11.0. The van der Waals surface area contributed by atoms with Gasteiger partial charge in [-0.15, -0.1) is 0 Å². The summed E-state index contributed by atoms with van der Waals surface area (Å²) in [4.78, 5) is 15.6. The minimum atomic E-state index is -0.895. The van der Waals surface area contributed by atoms with E-state index in [1.54, 1.807) is 12.1 Å². The topological polar surface area (TPSA) is 55.1 Å². The zero-order valence-corrected chi connectivity index (χ0v) is 11.8. The largest absolute Gasteiger partial charge is 0.478 e. The fraction of sp³-hybridized carbons (Fsp3) is 0.500. The molecule has 1 aromatic carbocycles. The Morgan fingerprint density at radius 2 is 2.25 bits per heavy atom. The molecule has 0 bridgehead atoms. The maximum Gasteiger partial charge on any atom is 0.335 e. The third-order valence-electron chi connectivity index (χ3n) is 4.08. The van der Waals surface area contributed by atoms with Crippen molar-refractivity contribution in [2.45, 2.75) is 45.6 Å². The number of carboxylic acids is 1. The Kier molecular flexibility index (Phi) is 3.47. The van der Waals surface area contributed by atoms with Gasteiger partial charge in [-0.2, -0.15) is 0 Å². The predicted octanol–water partition coefficient (Wildman–Crippen LogP) is 3.49. The van der Waals surface area contributed by atoms with Gasteiger partial charge < -0.3 is 9.67 Å². The summed E-state index contributed by atoms with van der Waals surface area (Å²) in [7, 11) is 0. The molecule has 2 aromatic rings. The Morgan fingerprint density at radius 3 is 2.90 bits per heavy atom. The summed E-state index contributed by atoms with van der Waals surface area (Å²) in [5.41, 5.74) is 2.17. The molecule has 3 rings (SSSR count). The van der Waals surface area contributed by atoms with Crippen molar-refractivity contribution in [3.05, 3.63) is 29.6 Å². The van der Waals surface area contributed by atoms with Gasteiger partial charge >= 0.3 is 5.97 Å². The van der Waals surface area contributed by atoms with Gasteiger partial charge in [0, 0.05) is 13.0 Å². The highest BCUT2D eigenvalue weighted by molar-refractivity contribution is 5.92. The molecule has 0 unspecified atom stereocenters. The van der Waals surface area contributed by atoms with E-state index in [9.17, 15) is 4.79 Å². The SMILES string of the molecule is CCc1nc2cc(C(=O)O)ccc2n1CCCC1CC1. The number of aryl methyl sites for hydroxylation is 2. The molecule has 1 saturated carbocycles. The van der Waals surface area contributed by atoms with Crippen LogP contribution in [0.3, 0.4) is 0 Å². The molecule has 1 heterocycles. The van der Waals surface area contributed by atoms with Crippen molar-refractivity contribution in [2.75, 3.05) is 0 Å². The molecule has 0 radical (unpaired) electrons. The molecule has 0 aliphatic heterocycles. The third kappa shape index (κ3) is 2.55. The quantitative estimate of drug-likeness (QED) is 0.875. The number of hydrogen-bond donors (Lipinski definition) is 1. The minimum absolute atomic E-state index is 0.308. The van der Waals surface area contributed by atoms with E-state index >= 15 is 0 Å². The molecule has 20 heavy (non-hydrogen) atoms.